The van der Waals surface area contributed by atoms with Gasteiger partial charge < -0.3 is 15.2 Å². The number of nitrogens with two attached hydrogens (primary N) is 1. The second-order valence-electron chi connectivity index (χ2n) is 4.95. The van der Waals surface area contributed by atoms with Crippen LogP contribution in [0.1, 0.15) is 0 Å². The van der Waals surface area contributed by atoms with Crippen LogP contribution in [0.3, 0.4) is 0 Å². The molecule has 2 N–H and O–H groups in total. The summed E-state index contributed by atoms with van der Waals surface area (Å²) in [5, 5.41) is 0. The van der Waals surface area contributed by atoms with Crippen molar-refractivity contribution in [3.63, 3.8) is 0 Å². The van der Waals surface area contributed by atoms with Gasteiger partial charge in [0.05, 0.1) is 24.8 Å². The smallest absolute Gasteiger partial charge is 0.265 e. The molecule has 0 unspecified atom stereocenters. The minimum Gasteiger partial charge on any atom is -0.493 e. The third-order valence-corrected chi connectivity index (χ3v) is 5.12. The number of hydrogen-bond acceptors (Lipinski definition) is 5. The van der Waals surface area contributed by atoms with Crippen molar-refractivity contribution in [3.05, 3.63) is 48.3 Å². The van der Waals surface area contributed by atoms with Gasteiger partial charge in [-0.25, -0.2) is 12.8 Å². The van der Waals surface area contributed by atoms with E-state index in [0.29, 0.717) is 10.1 Å². The van der Waals surface area contributed by atoms with Crippen LogP contribution in [0.5, 0.6) is 11.5 Å². The number of nitrogens with zero attached hydrogens (tertiary/aromatic N) is 1. The van der Waals surface area contributed by atoms with E-state index in [-0.39, 0.29) is 16.3 Å². The van der Waals surface area contributed by atoms with E-state index in [9.17, 15) is 17.6 Å². The predicted molar refractivity (Wildman–Crippen MR) is 89.7 cm³/mol. The van der Waals surface area contributed by atoms with Crippen LogP contribution >= 0.6 is 0 Å². The average Bonchev–Trinajstić information content (AvgIpc) is 2.59. The summed E-state index contributed by atoms with van der Waals surface area (Å²) < 4.78 is 50.8. The van der Waals surface area contributed by atoms with Crippen molar-refractivity contribution < 1.29 is 27.1 Å². The maximum Gasteiger partial charge on any atom is 0.265 e. The summed E-state index contributed by atoms with van der Waals surface area (Å²) in [6.45, 7) is -0.711. The zero-order valence-corrected chi connectivity index (χ0v) is 14.4. The number of rotatable bonds is 7. The molecule has 0 bridgehead atoms. The Balaban J connectivity index is 2.60. The number of amides is 1. The Kier molecular flexibility index (Phi) is 5.48. The molecule has 2 aromatic rings. The Morgan fingerprint density at radius 3 is 2.32 bits per heavy atom. The Morgan fingerprint density at radius 2 is 1.76 bits per heavy atom. The van der Waals surface area contributed by atoms with E-state index in [0.717, 1.165) is 6.07 Å². The number of methoxy groups -OCH3 is 2. The number of halogens is 1. The highest BCUT2D eigenvalue weighted by atomic mass is 32.2. The maximum atomic E-state index is 14.1. The molecule has 0 saturated heterocycles. The number of ether oxygens (including phenoxy) is 2. The molecule has 0 aliphatic heterocycles. The van der Waals surface area contributed by atoms with Crippen LogP contribution in [0.4, 0.5) is 10.1 Å². The van der Waals surface area contributed by atoms with Crippen molar-refractivity contribution in [2.24, 2.45) is 5.73 Å². The van der Waals surface area contributed by atoms with E-state index >= 15 is 0 Å². The van der Waals surface area contributed by atoms with Gasteiger partial charge in [-0.1, -0.05) is 12.1 Å². The van der Waals surface area contributed by atoms with E-state index in [2.05, 4.69) is 0 Å². The molecule has 0 aromatic heterocycles. The van der Waals surface area contributed by atoms with Gasteiger partial charge in [-0.05, 0) is 24.3 Å². The SMILES string of the molecule is COc1ccc(S(=O)(=O)N(CC(N)=O)c2ccccc2F)cc1OC. The van der Waals surface area contributed by atoms with Gasteiger partial charge in [0.2, 0.25) is 5.91 Å². The van der Waals surface area contributed by atoms with Crippen LogP contribution in [0.15, 0.2) is 47.4 Å². The molecule has 0 fully saturated rings. The summed E-state index contributed by atoms with van der Waals surface area (Å²) in [7, 11) is -1.51. The van der Waals surface area contributed by atoms with Gasteiger partial charge >= 0.3 is 0 Å². The molecular weight excluding hydrogens is 351 g/mol. The van der Waals surface area contributed by atoms with E-state index < -0.39 is 28.3 Å². The van der Waals surface area contributed by atoms with Gasteiger partial charge in [-0.15, -0.1) is 0 Å². The summed E-state index contributed by atoms with van der Waals surface area (Å²) in [6, 6.07) is 9.09. The second kappa shape index (κ2) is 7.39. The Labute approximate surface area is 144 Å². The highest BCUT2D eigenvalue weighted by molar-refractivity contribution is 7.92. The molecule has 0 aliphatic carbocycles. The Morgan fingerprint density at radius 1 is 1.12 bits per heavy atom. The van der Waals surface area contributed by atoms with Gasteiger partial charge in [0.1, 0.15) is 12.4 Å². The largest absolute Gasteiger partial charge is 0.493 e. The van der Waals surface area contributed by atoms with Crippen molar-refractivity contribution in [1.29, 1.82) is 0 Å². The van der Waals surface area contributed by atoms with Crippen molar-refractivity contribution >= 4 is 21.6 Å². The molecule has 9 heteroatoms. The number of benzene rings is 2. The lowest BCUT2D eigenvalue weighted by Gasteiger charge is -2.24. The van der Waals surface area contributed by atoms with Gasteiger partial charge in [-0.3, -0.25) is 9.10 Å². The van der Waals surface area contributed by atoms with E-state index in [4.69, 9.17) is 15.2 Å². The molecule has 134 valence electrons. The zero-order valence-electron chi connectivity index (χ0n) is 13.6. The molecule has 0 saturated carbocycles. The van der Waals surface area contributed by atoms with Crippen molar-refractivity contribution in [2.45, 2.75) is 4.90 Å². The molecule has 2 rings (SSSR count). The first-order chi connectivity index (χ1) is 11.8. The van der Waals surface area contributed by atoms with Gasteiger partial charge in [0, 0.05) is 6.07 Å². The maximum absolute atomic E-state index is 14.1. The topological polar surface area (TPSA) is 98.9 Å². The van der Waals surface area contributed by atoms with Crippen LogP contribution in [-0.4, -0.2) is 35.1 Å². The van der Waals surface area contributed by atoms with Crippen LogP contribution in [0, 0.1) is 5.82 Å². The van der Waals surface area contributed by atoms with Gasteiger partial charge in [0.15, 0.2) is 11.5 Å². The third kappa shape index (κ3) is 3.82. The number of para-hydroxylation sites is 1. The fraction of sp³-hybridized carbons (Fsp3) is 0.188. The van der Waals surface area contributed by atoms with E-state index in [1.165, 1.54) is 50.6 Å². The van der Waals surface area contributed by atoms with Crippen molar-refractivity contribution in [1.82, 2.24) is 0 Å². The number of hydrogen-bond donors (Lipinski definition) is 1. The third-order valence-electron chi connectivity index (χ3n) is 3.36. The lowest BCUT2D eigenvalue weighted by molar-refractivity contribution is -0.116. The van der Waals surface area contributed by atoms with Crippen molar-refractivity contribution in [2.75, 3.05) is 25.1 Å². The standard InChI is InChI=1S/C16H17FN2O5S/c1-23-14-8-7-11(9-15(14)24-2)25(21,22)19(10-16(18)20)13-6-4-3-5-12(13)17/h3-9H,10H2,1-2H3,(H2,18,20). The monoisotopic (exact) mass is 368 g/mol. The fourth-order valence-corrected chi connectivity index (χ4v) is 3.65. The minimum absolute atomic E-state index is 0.177. The zero-order chi connectivity index (χ0) is 18.6. The van der Waals surface area contributed by atoms with Gasteiger partial charge in [-0.2, -0.15) is 0 Å². The fourth-order valence-electron chi connectivity index (χ4n) is 2.20. The first kappa shape index (κ1) is 18.5. The molecule has 0 heterocycles. The highest BCUT2D eigenvalue weighted by Gasteiger charge is 2.29. The molecule has 7 nitrogen and oxygen atoms in total. The molecule has 0 radical (unpaired) electrons. The molecule has 0 atom stereocenters. The molecule has 2 aromatic carbocycles. The second-order valence-corrected chi connectivity index (χ2v) is 6.81. The predicted octanol–water partition coefficient (Wildman–Crippen LogP) is 1.52. The lowest BCUT2D eigenvalue weighted by Crippen LogP contribution is -2.39. The summed E-state index contributed by atoms with van der Waals surface area (Å²) >= 11 is 0. The Bertz CT molecular complexity index is 886. The summed E-state index contributed by atoms with van der Waals surface area (Å²) in [6.07, 6.45) is 0. The molecule has 0 aliphatic rings. The Hall–Kier alpha value is -2.81. The first-order valence-corrected chi connectivity index (χ1v) is 8.53. The number of carbonyl (C=O) groups excluding carboxylic acids is 1. The number of sulfonamides is 1. The number of anilines is 1. The summed E-state index contributed by atoms with van der Waals surface area (Å²) in [4.78, 5) is 11.1. The van der Waals surface area contributed by atoms with Crippen LogP contribution in [-0.2, 0) is 14.8 Å². The first-order valence-electron chi connectivity index (χ1n) is 7.09. The normalized spacial score (nSPS) is 11.0. The lowest BCUT2D eigenvalue weighted by atomic mass is 10.3. The number of carbonyl (C=O) groups is 1. The van der Waals surface area contributed by atoms with Crippen molar-refractivity contribution in [3.8, 4) is 11.5 Å². The summed E-state index contributed by atoms with van der Waals surface area (Å²) in [5.41, 5.74) is 4.86. The van der Waals surface area contributed by atoms with E-state index in [1.54, 1.807) is 0 Å². The van der Waals surface area contributed by atoms with Gasteiger partial charge in [0.25, 0.3) is 10.0 Å². The van der Waals surface area contributed by atoms with Crippen LogP contribution in [0.2, 0.25) is 0 Å². The van der Waals surface area contributed by atoms with Crippen LogP contribution < -0.4 is 19.5 Å². The van der Waals surface area contributed by atoms with E-state index in [1.807, 2.05) is 0 Å². The highest BCUT2D eigenvalue weighted by Crippen LogP contribution is 2.32. The minimum atomic E-state index is -4.27. The molecule has 1 amide bonds. The quantitative estimate of drug-likeness (QED) is 0.799. The summed E-state index contributed by atoms with van der Waals surface area (Å²) in [5.74, 6) is -1.22. The average molecular weight is 368 g/mol. The molecule has 25 heavy (non-hydrogen) atoms. The van der Waals surface area contributed by atoms with Crippen LogP contribution in [0.25, 0.3) is 0 Å². The molecular formula is C16H17FN2O5S. The molecule has 0 spiro atoms. The number of primary amides is 1.